The molecule has 1 aromatic rings. The Bertz CT molecular complexity index is 502. The Morgan fingerprint density at radius 1 is 1.39 bits per heavy atom. The highest BCUT2D eigenvalue weighted by Crippen LogP contribution is 2.21. The highest BCUT2D eigenvalue weighted by Gasteiger charge is 2.26. The van der Waals surface area contributed by atoms with E-state index in [0.29, 0.717) is 0 Å². The van der Waals surface area contributed by atoms with Gasteiger partial charge < -0.3 is 5.73 Å². The highest BCUT2D eigenvalue weighted by atomic mass is 32.2. The number of hydrogen-bond acceptors (Lipinski definition) is 4. The summed E-state index contributed by atoms with van der Waals surface area (Å²) in [5.74, 6) is 0. The van der Waals surface area contributed by atoms with Crippen LogP contribution in [0.1, 0.15) is 12.8 Å². The Hall–Kier alpha value is -1.35. The number of nitrogen functional groups attached to an aromatic ring is 1. The summed E-state index contributed by atoms with van der Waals surface area (Å²) in [6.07, 6.45) is -4.45. The number of hydrogen-bond donors (Lipinski definition) is 2. The Kier molecular flexibility index (Phi) is 4.52. The van der Waals surface area contributed by atoms with E-state index in [2.05, 4.69) is 4.98 Å². The first-order valence-electron chi connectivity index (χ1n) is 4.99. The lowest BCUT2D eigenvalue weighted by molar-refractivity contribution is -0.135. The molecule has 102 valence electrons. The molecule has 0 bridgehead atoms. The number of aromatic nitrogens is 1. The van der Waals surface area contributed by atoms with Crippen LogP contribution in [0.25, 0.3) is 0 Å². The lowest BCUT2D eigenvalue weighted by Gasteiger charge is -2.09. The Labute approximate surface area is 102 Å². The fraction of sp³-hybridized carbons (Fsp3) is 0.444. The first kappa shape index (κ1) is 14.7. The van der Waals surface area contributed by atoms with E-state index in [1.165, 1.54) is 18.3 Å². The second-order valence-corrected chi connectivity index (χ2v) is 5.20. The van der Waals surface area contributed by atoms with Crippen molar-refractivity contribution in [2.75, 3.05) is 12.3 Å². The van der Waals surface area contributed by atoms with Crippen LogP contribution in [0.3, 0.4) is 0 Å². The lowest BCUT2D eigenvalue weighted by Crippen LogP contribution is -2.27. The van der Waals surface area contributed by atoms with Crippen LogP contribution in [0.4, 0.5) is 18.9 Å². The van der Waals surface area contributed by atoms with Crippen LogP contribution in [0, 0.1) is 0 Å². The van der Waals surface area contributed by atoms with Crippen LogP contribution in [0.2, 0.25) is 0 Å². The van der Waals surface area contributed by atoms with E-state index in [1.807, 2.05) is 4.72 Å². The molecule has 0 saturated carbocycles. The van der Waals surface area contributed by atoms with Crippen molar-refractivity contribution in [2.45, 2.75) is 24.0 Å². The number of nitrogens with one attached hydrogen (secondary N) is 1. The summed E-state index contributed by atoms with van der Waals surface area (Å²) < 4.78 is 60.9. The summed E-state index contributed by atoms with van der Waals surface area (Å²) in [5, 5.41) is -0.378. The van der Waals surface area contributed by atoms with Crippen LogP contribution in [-0.2, 0) is 10.0 Å². The van der Waals surface area contributed by atoms with E-state index in [4.69, 9.17) is 5.73 Å². The number of rotatable bonds is 5. The average Bonchev–Trinajstić information content (AvgIpc) is 2.24. The number of nitrogens with two attached hydrogens (primary N) is 1. The number of pyridine rings is 1. The summed E-state index contributed by atoms with van der Waals surface area (Å²) in [6, 6.07) is 2.80. The van der Waals surface area contributed by atoms with Gasteiger partial charge in [-0.15, -0.1) is 0 Å². The van der Waals surface area contributed by atoms with Crippen molar-refractivity contribution in [1.29, 1.82) is 0 Å². The van der Waals surface area contributed by atoms with Crippen LogP contribution in [0.15, 0.2) is 23.4 Å². The molecule has 0 radical (unpaired) electrons. The number of nitrogens with zero attached hydrogens (tertiary/aromatic N) is 1. The fourth-order valence-corrected chi connectivity index (χ4v) is 2.32. The van der Waals surface area contributed by atoms with E-state index in [1.54, 1.807) is 0 Å². The highest BCUT2D eigenvalue weighted by molar-refractivity contribution is 7.89. The number of alkyl halides is 3. The Balaban J connectivity index is 2.59. The van der Waals surface area contributed by atoms with Gasteiger partial charge in [0.25, 0.3) is 10.0 Å². The molecule has 0 fully saturated rings. The summed E-state index contributed by atoms with van der Waals surface area (Å²) in [4.78, 5) is 3.58. The first-order chi connectivity index (χ1) is 8.22. The standard InChI is InChI=1S/C9H12F3N3O2S/c10-9(11,12)4-2-6-15-18(16,17)8-7(13)3-1-5-14-8/h1,3,5,15H,2,4,6,13H2. The molecule has 0 aliphatic rings. The minimum atomic E-state index is -4.30. The van der Waals surface area contributed by atoms with Gasteiger partial charge in [0.1, 0.15) is 0 Å². The molecule has 1 rings (SSSR count). The third-order valence-electron chi connectivity index (χ3n) is 1.98. The lowest BCUT2D eigenvalue weighted by atomic mass is 10.3. The maximum atomic E-state index is 11.9. The van der Waals surface area contributed by atoms with Crippen molar-refractivity contribution in [3.63, 3.8) is 0 Å². The topological polar surface area (TPSA) is 85.1 Å². The predicted molar refractivity (Wildman–Crippen MR) is 59.1 cm³/mol. The van der Waals surface area contributed by atoms with E-state index in [-0.39, 0.29) is 23.7 Å². The van der Waals surface area contributed by atoms with Gasteiger partial charge in [-0.05, 0) is 18.6 Å². The largest absolute Gasteiger partial charge is 0.396 e. The van der Waals surface area contributed by atoms with Crippen molar-refractivity contribution in [1.82, 2.24) is 9.71 Å². The molecule has 0 aliphatic heterocycles. The second kappa shape index (κ2) is 5.53. The van der Waals surface area contributed by atoms with Crippen LogP contribution < -0.4 is 10.5 Å². The molecule has 18 heavy (non-hydrogen) atoms. The van der Waals surface area contributed by atoms with Gasteiger partial charge in [-0.3, -0.25) is 0 Å². The quantitative estimate of drug-likeness (QED) is 0.797. The average molecular weight is 283 g/mol. The maximum absolute atomic E-state index is 11.9. The third-order valence-corrected chi connectivity index (χ3v) is 3.42. The number of anilines is 1. The molecule has 0 amide bonds. The van der Waals surface area contributed by atoms with Crippen molar-refractivity contribution in [3.05, 3.63) is 18.3 Å². The third kappa shape index (κ3) is 4.49. The monoisotopic (exact) mass is 283 g/mol. The van der Waals surface area contributed by atoms with E-state index in [0.717, 1.165) is 0 Å². The fourth-order valence-electron chi connectivity index (χ4n) is 1.19. The van der Waals surface area contributed by atoms with Crippen LogP contribution >= 0.6 is 0 Å². The minimum Gasteiger partial charge on any atom is -0.396 e. The van der Waals surface area contributed by atoms with Crippen LogP contribution in [0.5, 0.6) is 0 Å². The number of sulfonamides is 1. The van der Waals surface area contributed by atoms with Gasteiger partial charge in [-0.2, -0.15) is 13.2 Å². The minimum absolute atomic E-state index is 0.0548. The van der Waals surface area contributed by atoms with E-state index >= 15 is 0 Å². The first-order valence-corrected chi connectivity index (χ1v) is 6.47. The molecule has 0 atom stereocenters. The Morgan fingerprint density at radius 2 is 2.06 bits per heavy atom. The molecule has 1 heterocycles. The smallest absolute Gasteiger partial charge is 0.389 e. The van der Waals surface area contributed by atoms with Gasteiger partial charge in [-0.1, -0.05) is 0 Å². The summed E-state index contributed by atoms with van der Waals surface area (Å²) in [5.41, 5.74) is 5.36. The van der Waals surface area contributed by atoms with E-state index in [9.17, 15) is 21.6 Å². The van der Waals surface area contributed by atoms with Crippen molar-refractivity contribution >= 4 is 15.7 Å². The predicted octanol–water partition coefficient (Wildman–Crippen LogP) is 1.28. The number of halogens is 3. The second-order valence-electron chi connectivity index (χ2n) is 3.51. The van der Waals surface area contributed by atoms with Gasteiger partial charge >= 0.3 is 6.18 Å². The van der Waals surface area contributed by atoms with Crippen LogP contribution in [-0.4, -0.2) is 26.1 Å². The van der Waals surface area contributed by atoms with Crippen molar-refractivity contribution in [3.8, 4) is 0 Å². The van der Waals surface area contributed by atoms with Gasteiger partial charge in [0.2, 0.25) is 0 Å². The molecule has 9 heteroatoms. The summed E-state index contributed by atoms with van der Waals surface area (Å²) in [7, 11) is -3.96. The van der Waals surface area contributed by atoms with Gasteiger partial charge in [-0.25, -0.2) is 18.1 Å². The zero-order valence-corrected chi connectivity index (χ0v) is 10.1. The zero-order chi connectivity index (χ0) is 13.8. The summed E-state index contributed by atoms with van der Waals surface area (Å²) >= 11 is 0. The molecule has 5 nitrogen and oxygen atoms in total. The van der Waals surface area contributed by atoms with Gasteiger partial charge in [0.05, 0.1) is 5.69 Å². The molecule has 0 saturated heterocycles. The molecule has 3 N–H and O–H groups in total. The van der Waals surface area contributed by atoms with Crippen molar-refractivity contribution < 1.29 is 21.6 Å². The van der Waals surface area contributed by atoms with Gasteiger partial charge in [0.15, 0.2) is 5.03 Å². The molecule has 1 aromatic heterocycles. The molecule has 0 aromatic carbocycles. The SMILES string of the molecule is Nc1cccnc1S(=O)(=O)NCCCC(F)(F)F. The van der Waals surface area contributed by atoms with Crippen molar-refractivity contribution in [2.24, 2.45) is 0 Å². The molecule has 0 spiro atoms. The normalized spacial score (nSPS) is 12.6. The summed E-state index contributed by atoms with van der Waals surface area (Å²) in [6.45, 7) is -0.322. The van der Waals surface area contributed by atoms with Gasteiger partial charge in [0, 0.05) is 19.2 Å². The Morgan fingerprint density at radius 3 is 2.61 bits per heavy atom. The molecule has 0 unspecified atom stereocenters. The molecular formula is C9H12F3N3O2S. The zero-order valence-electron chi connectivity index (χ0n) is 9.24. The van der Waals surface area contributed by atoms with E-state index < -0.39 is 22.6 Å². The maximum Gasteiger partial charge on any atom is 0.389 e. The molecule has 0 aliphatic carbocycles. The molecular weight excluding hydrogens is 271 g/mol.